The van der Waals surface area contributed by atoms with Gasteiger partial charge in [-0.25, -0.2) is 0 Å². The Bertz CT molecular complexity index is 418. The highest BCUT2D eigenvalue weighted by Gasteiger charge is 2.27. The maximum atomic E-state index is 11.8. The van der Waals surface area contributed by atoms with Gasteiger partial charge < -0.3 is 16.0 Å². The van der Waals surface area contributed by atoms with E-state index in [1.165, 1.54) is 4.90 Å². The van der Waals surface area contributed by atoms with Crippen molar-refractivity contribution in [1.82, 2.24) is 16.0 Å². The third-order valence-electron chi connectivity index (χ3n) is 3.48. The summed E-state index contributed by atoms with van der Waals surface area (Å²) in [6.45, 7) is 5.22. The number of carbonyl (C=O) groups excluding carboxylic acids is 1. The fourth-order valence-electron chi connectivity index (χ4n) is 2.20. The molecular weight excluding hydrogens is 270 g/mol. The Hall–Kier alpha value is -1.04. The molecule has 2 rings (SSSR count). The molecule has 0 radical (unpaired) electrons. The molecule has 1 unspecified atom stereocenters. The second-order valence-electron chi connectivity index (χ2n) is 5.35. The zero-order chi connectivity index (χ0) is 14.3. The largest absolute Gasteiger partial charge is 0.354 e. The number of hydrogen-bond acceptors (Lipinski definition) is 4. The first-order chi connectivity index (χ1) is 9.68. The second kappa shape index (κ2) is 7.67. The predicted molar refractivity (Wildman–Crippen MR) is 84.1 cm³/mol. The van der Waals surface area contributed by atoms with Crippen molar-refractivity contribution < 1.29 is 4.79 Å². The molecule has 1 heterocycles. The molecule has 20 heavy (non-hydrogen) atoms. The average molecular weight is 293 g/mol. The van der Waals surface area contributed by atoms with Gasteiger partial charge >= 0.3 is 0 Å². The molecule has 1 atom stereocenters. The molecule has 0 aromatic heterocycles. The first-order valence-electron chi connectivity index (χ1n) is 7.08. The molecule has 1 aromatic rings. The van der Waals surface area contributed by atoms with Crippen LogP contribution >= 0.6 is 11.8 Å². The molecule has 1 aromatic carbocycles. The van der Waals surface area contributed by atoms with E-state index in [0.29, 0.717) is 13.1 Å². The Morgan fingerprint density at radius 1 is 1.40 bits per heavy atom. The highest BCUT2D eigenvalue weighted by molar-refractivity contribution is 7.99. The molecule has 0 spiro atoms. The van der Waals surface area contributed by atoms with Crippen LogP contribution in [0.2, 0.25) is 0 Å². The van der Waals surface area contributed by atoms with Crippen molar-refractivity contribution >= 4 is 17.7 Å². The molecule has 1 saturated heterocycles. The number of amides is 1. The number of thioether (sulfide) groups is 1. The van der Waals surface area contributed by atoms with Crippen LogP contribution in [0.15, 0.2) is 35.2 Å². The summed E-state index contributed by atoms with van der Waals surface area (Å²) in [6, 6.07) is 10.2. The smallest absolute Gasteiger partial charge is 0.234 e. The zero-order valence-electron chi connectivity index (χ0n) is 11.9. The third kappa shape index (κ3) is 5.15. The highest BCUT2D eigenvalue weighted by Crippen LogP contribution is 2.15. The molecule has 1 amide bonds. The monoisotopic (exact) mass is 293 g/mol. The van der Waals surface area contributed by atoms with E-state index in [9.17, 15) is 4.79 Å². The van der Waals surface area contributed by atoms with Crippen LogP contribution in [0.5, 0.6) is 0 Å². The summed E-state index contributed by atoms with van der Waals surface area (Å²) < 4.78 is 0. The lowest BCUT2D eigenvalue weighted by atomic mass is 10.0. The quantitative estimate of drug-likeness (QED) is 0.523. The lowest BCUT2D eigenvalue weighted by molar-refractivity contribution is -0.120. The zero-order valence-corrected chi connectivity index (χ0v) is 12.8. The van der Waals surface area contributed by atoms with Crippen molar-refractivity contribution in [1.29, 1.82) is 0 Å². The van der Waals surface area contributed by atoms with Crippen molar-refractivity contribution in [2.45, 2.75) is 23.8 Å². The fourth-order valence-corrected chi connectivity index (χ4v) is 2.99. The van der Waals surface area contributed by atoms with E-state index >= 15 is 0 Å². The Morgan fingerprint density at radius 3 is 2.90 bits per heavy atom. The molecule has 5 heteroatoms. The number of nitrogens with one attached hydrogen (secondary N) is 3. The highest BCUT2D eigenvalue weighted by atomic mass is 32.2. The summed E-state index contributed by atoms with van der Waals surface area (Å²) in [5, 5.41) is 9.60. The number of benzene rings is 1. The molecule has 1 aliphatic heterocycles. The van der Waals surface area contributed by atoms with Gasteiger partial charge in [0.25, 0.3) is 0 Å². The van der Waals surface area contributed by atoms with Gasteiger partial charge in [-0.3, -0.25) is 4.79 Å². The van der Waals surface area contributed by atoms with Gasteiger partial charge in [0.1, 0.15) is 0 Å². The summed E-state index contributed by atoms with van der Waals surface area (Å²) in [7, 11) is 0. The van der Waals surface area contributed by atoms with Gasteiger partial charge in [0.2, 0.25) is 5.91 Å². The summed E-state index contributed by atoms with van der Waals surface area (Å²) in [4.78, 5) is 13.0. The van der Waals surface area contributed by atoms with Gasteiger partial charge in [-0.05, 0) is 32.0 Å². The van der Waals surface area contributed by atoms with E-state index in [1.807, 2.05) is 18.2 Å². The third-order valence-corrected chi connectivity index (χ3v) is 4.49. The van der Waals surface area contributed by atoms with Crippen molar-refractivity contribution in [2.24, 2.45) is 0 Å². The van der Waals surface area contributed by atoms with Crippen LogP contribution in [0.4, 0.5) is 0 Å². The van der Waals surface area contributed by atoms with Crippen LogP contribution in [0, 0.1) is 0 Å². The minimum atomic E-state index is 0.0656. The molecule has 3 N–H and O–H groups in total. The maximum absolute atomic E-state index is 11.8. The van der Waals surface area contributed by atoms with E-state index in [1.54, 1.807) is 11.8 Å². The van der Waals surface area contributed by atoms with Crippen molar-refractivity contribution in [3.05, 3.63) is 30.3 Å². The van der Waals surface area contributed by atoms with Gasteiger partial charge in [-0.1, -0.05) is 18.2 Å². The first-order valence-corrected chi connectivity index (χ1v) is 8.07. The Labute approximate surface area is 125 Å². The Morgan fingerprint density at radius 2 is 2.20 bits per heavy atom. The maximum Gasteiger partial charge on any atom is 0.234 e. The molecule has 1 fully saturated rings. The molecular formula is C15H23N3OS. The molecule has 0 bridgehead atoms. The second-order valence-corrected chi connectivity index (χ2v) is 6.52. The Kier molecular flexibility index (Phi) is 5.88. The van der Waals surface area contributed by atoms with Crippen molar-refractivity contribution in [2.75, 3.05) is 31.9 Å². The van der Waals surface area contributed by atoms with Gasteiger partial charge in [0, 0.05) is 29.3 Å². The minimum Gasteiger partial charge on any atom is -0.354 e. The molecule has 4 nitrogen and oxygen atoms in total. The van der Waals surface area contributed by atoms with Gasteiger partial charge in [0.15, 0.2) is 0 Å². The van der Waals surface area contributed by atoms with Crippen LogP contribution in [0.25, 0.3) is 0 Å². The van der Waals surface area contributed by atoms with Gasteiger partial charge in [0.05, 0.1) is 6.54 Å². The lowest BCUT2D eigenvalue weighted by Crippen LogP contribution is -2.48. The van der Waals surface area contributed by atoms with E-state index in [4.69, 9.17) is 0 Å². The normalized spacial score (nSPS) is 21.9. The molecule has 110 valence electrons. The molecule has 0 aliphatic carbocycles. The average Bonchev–Trinajstić information content (AvgIpc) is 2.90. The van der Waals surface area contributed by atoms with Gasteiger partial charge in [-0.2, -0.15) is 0 Å². The standard InChI is InChI=1S/C15H23N3OS/c1-15(7-8-16-12-15)18-11-14(19)17-9-10-20-13-5-3-2-4-6-13/h2-6,16,18H,7-12H2,1H3,(H,17,19). The topological polar surface area (TPSA) is 53.2 Å². The summed E-state index contributed by atoms with van der Waals surface area (Å²) in [5.74, 6) is 0.973. The van der Waals surface area contributed by atoms with E-state index < -0.39 is 0 Å². The lowest BCUT2D eigenvalue weighted by Gasteiger charge is -2.24. The summed E-state index contributed by atoms with van der Waals surface area (Å²) in [6.07, 6.45) is 1.07. The SMILES string of the molecule is CC1(NCC(=O)NCCSc2ccccc2)CCNC1. The van der Waals surface area contributed by atoms with Crippen LogP contribution < -0.4 is 16.0 Å². The van der Waals surface area contributed by atoms with Crippen LogP contribution in [-0.2, 0) is 4.79 Å². The van der Waals surface area contributed by atoms with E-state index in [-0.39, 0.29) is 11.4 Å². The minimum absolute atomic E-state index is 0.0656. The number of carbonyl (C=O) groups is 1. The van der Waals surface area contributed by atoms with Crippen LogP contribution in [0.3, 0.4) is 0 Å². The Balaban J connectivity index is 1.56. The van der Waals surface area contributed by atoms with Crippen molar-refractivity contribution in [3.63, 3.8) is 0 Å². The van der Waals surface area contributed by atoms with Crippen LogP contribution in [0.1, 0.15) is 13.3 Å². The van der Waals surface area contributed by atoms with E-state index in [0.717, 1.165) is 25.3 Å². The van der Waals surface area contributed by atoms with Crippen LogP contribution in [-0.4, -0.2) is 43.4 Å². The predicted octanol–water partition coefficient (Wildman–Crippen LogP) is 1.24. The molecule has 0 saturated carbocycles. The number of rotatable bonds is 7. The first kappa shape index (κ1) is 15.4. The number of hydrogen-bond donors (Lipinski definition) is 3. The fraction of sp³-hybridized carbons (Fsp3) is 0.533. The summed E-state index contributed by atoms with van der Waals surface area (Å²) >= 11 is 1.76. The summed E-state index contributed by atoms with van der Waals surface area (Å²) in [5.41, 5.74) is 0.0656. The molecule has 1 aliphatic rings. The van der Waals surface area contributed by atoms with Gasteiger partial charge in [-0.15, -0.1) is 11.8 Å². The van der Waals surface area contributed by atoms with Crippen molar-refractivity contribution in [3.8, 4) is 0 Å². The van der Waals surface area contributed by atoms with E-state index in [2.05, 4.69) is 35.0 Å².